The highest BCUT2D eigenvalue weighted by Gasteiger charge is 2.16. The van der Waals surface area contributed by atoms with E-state index in [0.717, 1.165) is 6.42 Å². The van der Waals surface area contributed by atoms with Crippen molar-refractivity contribution in [2.24, 2.45) is 5.92 Å². The second-order valence-electron chi connectivity index (χ2n) is 6.05. The number of nitrogens with one attached hydrogen (secondary N) is 2. The zero-order valence-corrected chi connectivity index (χ0v) is 15.7. The first-order chi connectivity index (χ1) is 11.8. The summed E-state index contributed by atoms with van der Waals surface area (Å²) in [5.74, 6) is 0.263. The van der Waals surface area contributed by atoms with Crippen LogP contribution in [0.5, 0.6) is 0 Å². The summed E-state index contributed by atoms with van der Waals surface area (Å²) in [6, 6.07) is 12.5. The summed E-state index contributed by atoms with van der Waals surface area (Å²) in [4.78, 5) is 12.2. The van der Waals surface area contributed by atoms with Gasteiger partial charge in [0.2, 0.25) is 0 Å². The van der Waals surface area contributed by atoms with Gasteiger partial charge in [-0.25, -0.2) is 8.42 Å². The van der Waals surface area contributed by atoms with E-state index < -0.39 is 10.0 Å². The lowest BCUT2D eigenvalue weighted by Gasteiger charge is -2.11. The van der Waals surface area contributed by atoms with Gasteiger partial charge >= 0.3 is 0 Å². The Hall–Kier alpha value is -2.05. The fourth-order valence-corrected chi connectivity index (χ4v) is 3.50. The topological polar surface area (TPSA) is 75.3 Å². The number of hydrogen-bond acceptors (Lipinski definition) is 3. The van der Waals surface area contributed by atoms with E-state index in [9.17, 15) is 13.2 Å². The average Bonchev–Trinajstić information content (AvgIpc) is 2.57. The van der Waals surface area contributed by atoms with Crippen LogP contribution in [-0.2, 0) is 10.0 Å². The van der Waals surface area contributed by atoms with Gasteiger partial charge in [-0.05, 0) is 42.7 Å². The van der Waals surface area contributed by atoms with Gasteiger partial charge in [0.1, 0.15) is 0 Å². The molecule has 2 rings (SSSR count). The Morgan fingerprint density at radius 2 is 1.80 bits per heavy atom. The van der Waals surface area contributed by atoms with Crippen LogP contribution in [0.3, 0.4) is 0 Å². The molecule has 0 bridgehead atoms. The van der Waals surface area contributed by atoms with Crippen LogP contribution in [0.15, 0.2) is 53.4 Å². The lowest BCUT2D eigenvalue weighted by molar-refractivity contribution is 0.0952. The Morgan fingerprint density at radius 1 is 1.12 bits per heavy atom. The molecule has 0 fully saturated rings. The van der Waals surface area contributed by atoms with Crippen LogP contribution >= 0.6 is 11.6 Å². The molecular formula is C18H21ClN2O3S. The van der Waals surface area contributed by atoms with Gasteiger partial charge in [-0.2, -0.15) is 0 Å². The summed E-state index contributed by atoms with van der Waals surface area (Å²) in [6.45, 7) is 4.74. The fraction of sp³-hybridized carbons (Fsp3) is 0.278. The van der Waals surface area contributed by atoms with Crippen LogP contribution in [0.1, 0.15) is 30.6 Å². The maximum Gasteiger partial charge on any atom is 0.261 e. The van der Waals surface area contributed by atoms with Crippen LogP contribution in [0, 0.1) is 5.92 Å². The molecular weight excluding hydrogens is 360 g/mol. The molecule has 0 aliphatic heterocycles. The van der Waals surface area contributed by atoms with Crippen LogP contribution in [-0.4, -0.2) is 20.9 Å². The molecule has 0 saturated carbocycles. The van der Waals surface area contributed by atoms with Crippen molar-refractivity contribution in [1.82, 2.24) is 5.32 Å². The van der Waals surface area contributed by atoms with Gasteiger partial charge < -0.3 is 5.32 Å². The standard InChI is InChI=1S/C18H21ClN2O3S/c1-13(2)10-11-20-18(22)14-8-9-17(16(19)12-14)21-25(23,24)15-6-4-3-5-7-15/h3-9,12-13,21H,10-11H2,1-2H3,(H,20,22). The average molecular weight is 381 g/mol. The van der Waals surface area contributed by atoms with Crippen molar-refractivity contribution in [3.05, 3.63) is 59.1 Å². The fourth-order valence-electron chi connectivity index (χ4n) is 2.12. The quantitative estimate of drug-likeness (QED) is 0.764. The zero-order chi connectivity index (χ0) is 18.4. The van der Waals surface area contributed by atoms with E-state index in [0.29, 0.717) is 18.0 Å². The van der Waals surface area contributed by atoms with Gasteiger partial charge in [-0.3, -0.25) is 9.52 Å². The Morgan fingerprint density at radius 3 is 2.40 bits per heavy atom. The third-order valence-corrected chi connectivity index (χ3v) is 5.23. The van der Waals surface area contributed by atoms with Gasteiger partial charge in [0.25, 0.3) is 15.9 Å². The molecule has 25 heavy (non-hydrogen) atoms. The van der Waals surface area contributed by atoms with E-state index in [1.54, 1.807) is 24.3 Å². The Bertz CT molecular complexity index is 837. The summed E-state index contributed by atoms with van der Waals surface area (Å²) >= 11 is 6.14. The molecule has 0 aromatic heterocycles. The van der Waals surface area contributed by atoms with Gasteiger partial charge in [-0.15, -0.1) is 0 Å². The molecule has 5 nitrogen and oxygen atoms in total. The summed E-state index contributed by atoms with van der Waals surface area (Å²) in [6.07, 6.45) is 0.883. The second kappa shape index (κ2) is 8.36. The highest BCUT2D eigenvalue weighted by Crippen LogP contribution is 2.25. The third kappa shape index (κ3) is 5.47. The molecule has 0 aliphatic carbocycles. The number of anilines is 1. The lowest BCUT2D eigenvalue weighted by atomic mass is 10.1. The molecule has 2 aromatic carbocycles. The minimum atomic E-state index is -3.73. The van der Waals surface area contributed by atoms with Crippen molar-refractivity contribution in [1.29, 1.82) is 0 Å². The molecule has 2 aromatic rings. The first kappa shape index (κ1) is 19.3. The maximum absolute atomic E-state index is 12.3. The molecule has 1 amide bonds. The van der Waals surface area contributed by atoms with Crippen molar-refractivity contribution in [2.75, 3.05) is 11.3 Å². The number of hydrogen-bond donors (Lipinski definition) is 2. The monoisotopic (exact) mass is 380 g/mol. The van der Waals surface area contributed by atoms with Crippen molar-refractivity contribution in [2.45, 2.75) is 25.2 Å². The number of rotatable bonds is 7. The third-order valence-electron chi connectivity index (χ3n) is 3.54. The van der Waals surface area contributed by atoms with Crippen LogP contribution in [0.2, 0.25) is 5.02 Å². The van der Waals surface area contributed by atoms with Crippen molar-refractivity contribution < 1.29 is 13.2 Å². The Labute approximate surface area is 153 Å². The van der Waals surface area contributed by atoms with E-state index in [-0.39, 0.29) is 21.5 Å². The van der Waals surface area contributed by atoms with E-state index in [1.807, 2.05) is 0 Å². The van der Waals surface area contributed by atoms with Gasteiger partial charge in [0.05, 0.1) is 15.6 Å². The highest BCUT2D eigenvalue weighted by molar-refractivity contribution is 7.92. The molecule has 0 radical (unpaired) electrons. The predicted molar refractivity (Wildman–Crippen MR) is 100 cm³/mol. The van der Waals surface area contributed by atoms with E-state index in [2.05, 4.69) is 23.9 Å². The van der Waals surface area contributed by atoms with Crippen molar-refractivity contribution >= 4 is 33.2 Å². The SMILES string of the molecule is CC(C)CCNC(=O)c1ccc(NS(=O)(=O)c2ccccc2)c(Cl)c1. The van der Waals surface area contributed by atoms with Crippen LogP contribution in [0.4, 0.5) is 5.69 Å². The number of sulfonamides is 1. The molecule has 134 valence electrons. The minimum Gasteiger partial charge on any atom is -0.352 e. The van der Waals surface area contributed by atoms with Gasteiger partial charge in [-0.1, -0.05) is 43.6 Å². The minimum absolute atomic E-state index is 0.140. The van der Waals surface area contributed by atoms with Crippen LogP contribution < -0.4 is 10.0 Å². The smallest absolute Gasteiger partial charge is 0.261 e. The summed E-state index contributed by atoms with van der Waals surface area (Å²) in [5, 5.41) is 2.98. The maximum atomic E-state index is 12.3. The predicted octanol–water partition coefficient (Wildman–Crippen LogP) is 3.92. The Kier molecular flexibility index (Phi) is 6.45. The molecule has 0 atom stereocenters. The lowest BCUT2D eigenvalue weighted by Crippen LogP contribution is -2.25. The highest BCUT2D eigenvalue weighted by atomic mass is 35.5. The van der Waals surface area contributed by atoms with E-state index in [4.69, 9.17) is 11.6 Å². The summed E-state index contributed by atoms with van der Waals surface area (Å²) in [7, 11) is -3.73. The van der Waals surface area contributed by atoms with Crippen molar-refractivity contribution in [3.8, 4) is 0 Å². The summed E-state index contributed by atoms with van der Waals surface area (Å²) in [5.41, 5.74) is 0.612. The first-order valence-corrected chi connectivity index (χ1v) is 9.81. The number of amides is 1. The Balaban J connectivity index is 2.10. The second-order valence-corrected chi connectivity index (χ2v) is 8.14. The largest absolute Gasteiger partial charge is 0.352 e. The molecule has 0 heterocycles. The van der Waals surface area contributed by atoms with Gasteiger partial charge in [0.15, 0.2) is 0 Å². The van der Waals surface area contributed by atoms with E-state index in [1.165, 1.54) is 24.3 Å². The first-order valence-electron chi connectivity index (χ1n) is 7.95. The molecule has 0 unspecified atom stereocenters. The molecule has 0 saturated heterocycles. The van der Waals surface area contributed by atoms with Gasteiger partial charge in [0, 0.05) is 12.1 Å². The van der Waals surface area contributed by atoms with E-state index >= 15 is 0 Å². The number of halogens is 1. The normalized spacial score (nSPS) is 11.4. The zero-order valence-electron chi connectivity index (χ0n) is 14.1. The molecule has 0 spiro atoms. The number of benzene rings is 2. The summed E-state index contributed by atoms with van der Waals surface area (Å²) < 4.78 is 27.1. The molecule has 7 heteroatoms. The number of carbonyl (C=O) groups excluding carboxylic acids is 1. The molecule has 0 aliphatic rings. The number of carbonyl (C=O) groups is 1. The molecule has 2 N–H and O–H groups in total. The van der Waals surface area contributed by atoms with Crippen LogP contribution in [0.25, 0.3) is 0 Å². The van der Waals surface area contributed by atoms with Crippen molar-refractivity contribution in [3.63, 3.8) is 0 Å².